The van der Waals surface area contributed by atoms with Gasteiger partial charge >= 0.3 is 0 Å². The second kappa shape index (κ2) is 4.17. The molecule has 0 bridgehead atoms. The molecule has 78 valence electrons. The zero-order valence-corrected chi connectivity index (χ0v) is 9.81. The van der Waals surface area contributed by atoms with Gasteiger partial charge in [0.15, 0.2) is 0 Å². The Bertz CT molecular complexity index is 711. The number of fused-ring (bicyclic) bond motifs is 1. The zero-order chi connectivity index (χ0) is 11.7. The second-order valence-corrected chi connectivity index (χ2v) is 4.06. The summed E-state index contributed by atoms with van der Waals surface area (Å²) in [5, 5.41) is 3.26. The fourth-order valence-electron chi connectivity index (χ4n) is 1.52. The highest BCUT2D eigenvalue weighted by Crippen LogP contribution is 2.15. The SMILES string of the molecule is C#CC=c1c(=C)c(Cl)nc2ccc(Cl)cc12. The van der Waals surface area contributed by atoms with Gasteiger partial charge < -0.3 is 0 Å². The van der Waals surface area contributed by atoms with Crippen LogP contribution in [-0.2, 0) is 0 Å². The van der Waals surface area contributed by atoms with Crippen molar-refractivity contribution < 1.29 is 0 Å². The third-order valence-corrected chi connectivity index (χ3v) is 2.82. The zero-order valence-electron chi connectivity index (χ0n) is 8.30. The molecule has 0 spiro atoms. The number of hydrogen-bond acceptors (Lipinski definition) is 1. The van der Waals surface area contributed by atoms with Crippen molar-refractivity contribution in [3.05, 3.63) is 38.8 Å². The summed E-state index contributed by atoms with van der Waals surface area (Å²) in [5.41, 5.74) is 0.753. The average Bonchev–Trinajstić information content (AvgIpc) is 2.26. The lowest BCUT2D eigenvalue weighted by Crippen LogP contribution is -2.26. The van der Waals surface area contributed by atoms with Gasteiger partial charge in [0.05, 0.1) is 5.52 Å². The molecule has 1 aromatic carbocycles. The fraction of sp³-hybridized carbons (Fsp3) is 0. The van der Waals surface area contributed by atoms with E-state index < -0.39 is 0 Å². The molecule has 0 atom stereocenters. The molecule has 1 nitrogen and oxygen atoms in total. The molecular formula is C13H7Cl2N. The average molecular weight is 248 g/mol. The monoisotopic (exact) mass is 247 g/mol. The summed E-state index contributed by atoms with van der Waals surface area (Å²) in [4.78, 5) is 4.21. The summed E-state index contributed by atoms with van der Waals surface area (Å²) >= 11 is 11.9. The van der Waals surface area contributed by atoms with Crippen LogP contribution in [0.4, 0.5) is 0 Å². The lowest BCUT2D eigenvalue weighted by Gasteiger charge is -2.01. The molecule has 0 radical (unpaired) electrons. The molecule has 0 saturated heterocycles. The molecule has 2 aromatic rings. The van der Waals surface area contributed by atoms with Crippen LogP contribution >= 0.6 is 23.2 Å². The molecule has 0 amide bonds. The summed E-state index contributed by atoms with van der Waals surface area (Å²) in [6.07, 6.45) is 6.90. The fourth-order valence-corrected chi connectivity index (χ4v) is 1.88. The molecule has 1 aromatic heterocycles. The van der Waals surface area contributed by atoms with Crippen molar-refractivity contribution in [3.63, 3.8) is 0 Å². The maximum atomic E-state index is 5.97. The molecular weight excluding hydrogens is 241 g/mol. The normalized spacial score (nSPS) is 11.7. The van der Waals surface area contributed by atoms with E-state index in [0.717, 1.165) is 16.1 Å². The van der Waals surface area contributed by atoms with E-state index in [2.05, 4.69) is 17.5 Å². The van der Waals surface area contributed by atoms with Crippen molar-refractivity contribution in [3.8, 4) is 12.3 Å². The van der Waals surface area contributed by atoms with E-state index in [4.69, 9.17) is 29.6 Å². The van der Waals surface area contributed by atoms with Gasteiger partial charge in [-0.05, 0) is 24.3 Å². The van der Waals surface area contributed by atoms with Gasteiger partial charge in [-0.3, -0.25) is 0 Å². The van der Waals surface area contributed by atoms with E-state index >= 15 is 0 Å². The maximum Gasteiger partial charge on any atom is 0.137 e. The maximum absolute atomic E-state index is 5.97. The Hall–Kier alpha value is -1.49. The summed E-state index contributed by atoms with van der Waals surface area (Å²) < 4.78 is 0. The number of terminal acetylenes is 1. The smallest absolute Gasteiger partial charge is 0.137 e. The largest absolute Gasteiger partial charge is 0.235 e. The van der Waals surface area contributed by atoms with Crippen molar-refractivity contribution in [1.29, 1.82) is 0 Å². The highest BCUT2D eigenvalue weighted by Gasteiger charge is 2.02. The second-order valence-electron chi connectivity index (χ2n) is 3.27. The Morgan fingerprint density at radius 1 is 1.38 bits per heavy atom. The van der Waals surface area contributed by atoms with E-state index in [9.17, 15) is 0 Å². The van der Waals surface area contributed by atoms with Gasteiger partial charge in [-0.2, -0.15) is 0 Å². The van der Waals surface area contributed by atoms with Gasteiger partial charge in [-0.15, -0.1) is 6.42 Å². The van der Waals surface area contributed by atoms with Crippen LogP contribution in [0.1, 0.15) is 0 Å². The van der Waals surface area contributed by atoms with Gasteiger partial charge in [-0.25, -0.2) is 4.98 Å². The molecule has 3 heteroatoms. The highest BCUT2D eigenvalue weighted by molar-refractivity contribution is 6.31. The van der Waals surface area contributed by atoms with Crippen LogP contribution in [0.15, 0.2) is 18.2 Å². The van der Waals surface area contributed by atoms with Crippen LogP contribution in [0.5, 0.6) is 0 Å². The first kappa shape index (κ1) is 11.0. The van der Waals surface area contributed by atoms with Crippen LogP contribution < -0.4 is 10.4 Å². The van der Waals surface area contributed by atoms with Gasteiger partial charge in [0.1, 0.15) is 5.15 Å². The van der Waals surface area contributed by atoms with Crippen molar-refractivity contribution in [1.82, 2.24) is 4.98 Å². The topological polar surface area (TPSA) is 12.9 Å². The summed E-state index contributed by atoms with van der Waals surface area (Å²) in [7, 11) is 0. The van der Waals surface area contributed by atoms with E-state index in [1.807, 2.05) is 0 Å². The minimum atomic E-state index is 0.358. The first-order valence-corrected chi connectivity index (χ1v) is 5.29. The summed E-state index contributed by atoms with van der Waals surface area (Å²) in [6, 6.07) is 5.37. The van der Waals surface area contributed by atoms with Crippen LogP contribution in [-0.4, -0.2) is 4.98 Å². The van der Waals surface area contributed by atoms with E-state index in [1.165, 1.54) is 0 Å². The van der Waals surface area contributed by atoms with Crippen LogP contribution in [0.3, 0.4) is 0 Å². The molecule has 0 aliphatic rings. The first-order chi connectivity index (χ1) is 7.63. The van der Waals surface area contributed by atoms with E-state index in [0.29, 0.717) is 15.4 Å². The van der Waals surface area contributed by atoms with Gasteiger partial charge in [0.2, 0.25) is 0 Å². The molecule has 0 N–H and O–H groups in total. The minimum absolute atomic E-state index is 0.358. The number of pyridine rings is 1. The standard InChI is InChI=1S/C13H7Cl2N/c1-3-4-10-8(2)13(15)16-12-6-5-9(14)7-11(10)12/h1,4-7H,2H2. The Morgan fingerprint density at radius 2 is 2.12 bits per heavy atom. The molecule has 0 aliphatic heterocycles. The summed E-state index contributed by atoms with van der Waals surface area (Å²) in [6.45, 7) is 3.85. The lowest BCUT2D eigenvalue weighted by atomic mass is 10.1. The third-order valence-electron chi connectivity index (χ3n) is 2.27. The first-order valence-electron chi connectivity index (χ1n) is 4.53. The van der Waals surface area contributed by atoms with Gasteiger partial charge in [0.25, 0.3) is 0 Å². The molecule has 16 heavy (non-hydrogen) atoms. The predicted molar refractivity (Wildman–Crippen MR) is 69.8 cm³/mol. The Morgan fingerprint density at radius 3 is 2.81 bits per heavy atom. The molecule has 2 rings (SSSR count). The van der Waals surface area contributed by atoms with E-state index in [1.54, 1.807) is 24.3 Å². The highest BCUT2D eigenvalue weighted by atomic mass is 35.5. The van der Waals surface area contributed by atoms with Crippen molar-refractivity contribution in [2.75, 3.05) is 0 Å². The Labute approximate surface area is 103 Å². The Kier molecular flexibility index (Phi) is 2.87. The summed E-state index contributed by atoms with van der Waals surface area (Å²) in [5.74, 6) is 2.47. The molecule has 0 aliphatic carbocycles. The number of hydrogen-bond donors (Lipinski definition) is 0. The minimum Gasteiger partial charge on any atom is -0.235 e. The number of rotatable bonds is 0. The number of halogens is 2. The Balaban J connectivity index is 3.11. The van der Waals surface area contributed by atoms with E-state index in [-0.39, 0.29) is 0 Å². The molecule has 0 fully saturated rings. The van der Waals surface area contributed by atoms with Crippen LogP contribution in [0.2, 0.25) is 10.2 Å². The van der Waals surface area contributed by atoms with Crippen molar-refractivity contribution in [2.45, 2.75) is 0 Å². The third kappa shape index (κ3) is 1.78. The van der Waals surface area contributed by atoms with Gasteiger partial charge in [0, 0.05) is 20.8 Å². The number of benzene rings is 1. The molecule has 0 saturated carbocycles. The van der Waals surface area contributed by atoms with Crippen molar-refractivity contribution in [2.24, 2.45) is 0 Å². The lowest BCUT2D eigenvalue weighted by molar-refractivity contribution is 1.36. The van der Waals surface area contributed by atoms with Gasteiger partial charge in [-0.1, -0.05) is 35.7 Å². The van der Waals surface area contributed by atoms with Crippen molar-refractivity contribution >= 4 is 46.8 Å². The predicted octanol–water partition coefficient (Wildman–Crippen LogP) is 2.37. The molecule has 1 heterocycles. The number of aromatic nitrogens is 1. The number of nitrogens with zero attached hydrogens (tertiary/aromatic N) is 1. The molecule has 0 unspecified atom stereocenters. The van der Waals surface area contributed by atoms with Crippen LogP contribution in [0.25, 0.3) is 23.6 Å². The quantitative estimate of drug-likeness (QED) is 0.515. The van der Waals surface area contributed by atoms with Crippen LogP contribution in [0, 0.1) is 12.3 Å².